The van der Waals surface area contributed by atoms with Crippen LogP contribution in [0.3, 0.4) is 0 Å². The quantitative estimate of drug-likeness (QED) is 0.166. The van der Waals surface area contributed by atoms with Crippen LogP contribution in [-0.4, -0.2) is 9.97 Å². The van der Waals surface area contributed by atoms with Crippen molar-refractivity contribution in [3.05, 3.63) is 168 Å². The molecule has 0 aliphatic heterocycles. The predicted octanol–water partition coefficient (Wildman–Crippen LogP) is 12.6. The van der Waals surface area contributed by atoms with Gasteiger partial charge in [-0.15, -0.1) is 0 Å². The summed E-state index contributed by atoms with van der Waals surface area (Å²) in [5.41, 5.74) is 13.3. The molecule has 1 fully saturated rings. The van der Waals surface area contributed by atoms with E-state index in [-0.39, 0.29) is 5.41 Å². The molecule has 0 saturated heterocycles. The first kappa shape index (κ1) is 31.2. The van der Waals surface area contributed by atoms with Gasteiger partial charge in [-0.2, -0.15) is 0 Å². The van der Waals surface area contributed by atoms with E-state index in [4.69, 9.17) is 9.97 Å². The van der Waals surface area contributed by atoms with Gasteiger partial charge in [0.25, 0.3) is 0 Å². The number of hydrogen-bond acceptors (Lipinski definition) is 2. The van der Waals surface area contributed by atoms with Crippen LogP contribution in [0, 0.1) is 0 Å². The van der Waals surface area contributed by atoms with E-state index in [0.717, 1.165) is 54.0 Å². The second-order valence-electron chi connectivity index (χ2n) is 13.8. The minimum absolute atomic E-state index is 0.00676. The van der Waals surface area contributed by atoms with Crippen LogP contribution in [0.1, 0.15) is 86.6 Å². The van der Waals surface area contributed by atoms with E-state index in [1.54, 1.807) is 0 Å². The van der Waals surface area contributed by atoms with Crippen LogP contribution in [0.5, 0.6) is 0 Å². The number of allylic oxidation sites excluding steroid dienone is 8. The monoisotopic (exact) mass is 636 g/mol. The molecule has 0 spiro atoms. The molecule has 1 aromatic heterocycles. The van der Waals surface area contributed by atoms with Gasteiger partial charge >= 0.3 is 0 Å². The average molecular weight is 637 g/mol. The van der Waals surface area contributed by atoms with E-state index < -0.39 is 0 Å². The van der Waals surface area contributed by atoms with Gasteiger partial charge < -0.3 is 0 Å². The molecule has 3 aliphatic rings. The number of benzene rings is 4. The first-order valence-corrected chi connectivity index (χ1v) is 18.3. The molecule has 0 unspecified atom stereocenters. The Kier molecular flexibility index (Phi) is 9.03. The molecule has 49 heavy (non-hydrogen) atoms. The smallest absolute Gasteiger partial charge is 0.160 e. The zero-order valence-corrected chi connectivity index (χ0v) is 28.3. The molecule has 1 heterocycles. The van der Waals surface area contributed by atoms with Crippen LogP contribution in [0.25, 0.3) is 44.9 Å². The Labute approximate surface area is 291 Å². The van der Waals surface area contributed by atoms with Crippen molar-refractivity contribution in [1.29, 1.82) is 0 Å². The third-order valence-corrected chi connectivity index (χ3v) is 10.7. The average Bonchev–Trinajstić information content (AvgIpc) is 3.46. The summed E-state index contributed by atoms with van der Waals surface area (Å²) in [5.74, 6) is 0.781. The number of hydrogen-bond donors (Lipinski definition) is 0. The molecule has 242 valence electrons. The van der Waals surface area contributed by atoms with Crippen molar-refractivity contribution in [1.82, 2.24) is 9.97 Å². The molecule has 0 bridgehead atoms. The van der Waals surface area contributed by atoms with Gasteiger partial charge in [-0.3, -0.25) is 0 Å². The van der Waals surface area contributed by atoms with Crippen LogP contribution in [-0.2, 0) is 5.41 Å². The van der Waals surface area contributed by atoms with Gasteiger partial charge in [0, 0.05) is 16.5 Å². The van der Waals surface area contributed by atoms with Crippen molar-refractivity contribution >= 4 is 11.1 Å². The summed E-state index contributed by atoms with van der Waals surface area (Å²) in [7, 11) is 0. The fourth-order valence-corrected chi connectivity index (χ4v) is 7.96. The van der Waals surface area contributed by atoms with Crippen molar-refractivity contribution in [2.24, 2.45) is 0 Å². The minimum Gasteiger partial charge on any atom is -0.228 e. The van der Waals surface area contributed by atoms with Gasteiger partial charge in [0.1, 0.15) is 0 Å². The van der Waals surface area contributed by atoms with E-state index in [2.05, 4.69) is 146 Å². The largest absolute Gasteiger partial charge is 0.228 e. The molecule has 0 radical (unpaired) electrons. The van der Waals surface area contributed by atoms with Gasteiger partial charge in [-0.25, -0.2) is 9.97 Å². The Morgan fingerprint density at radius 3 is 1.55 bits per heavy atom. The maximum absolute atomic E-state index is 5.12. The normalized spacial score (nSPS) is 17.2. The van der Waals surface area contributed by atoms with Gasteiger partial charge in [0.05, 0.1) is 11.4 Å². The molecule has 0 atom stereocenters. The fraction of sp³-hybridized carbons (Fsp3) is 0.234. The van der Waals surface area contributed by atoms with Crippen LogP contribution in [0.4, 0.5) is 0 Å². The van der Waals surface area contributed by atoms with Crippen molar-refractivity contribution in [3.8, 4) is 33.8 Å². The molecular formula is C47H44N2. The van der Waals surface area contributed by atoms with E-state index in [0.29, 0.717) is 0 Å². The maximum atomic E-state index is 5.12. The summed E-state index contributed by atoms with van der Waals surface area (Å²) in [4.78, 5) is 10.2. The molecule has 8 rings (SSSR count). The summed E-state index contributed by atoms with van der Waals surface area (Å²) in [5, 5.41) is 0. The Hall–Kier alpha value is -5.08. The van der Waals surface area contributed by atoms with Crippen LogP contribution < -0.4 is 0 Å². The highest BCUT2D eigenvalue weighted by Crippen LogP contribution is 2.45. The predicted molar refractivity (Wildman–Crippen MR) is 206 cm³/mol. The highest BCUT2D eigenvalue weighted by molar-refractivity contribution is 5.78. The Bertz CT molecular complexity index is 2020. The second-order valence-corrected chi connectivity index (χ2v) is 13.8. The van der Waals surface area contributed by atoms with Crippen molar-refractivity contribution in [2.45, 2.75) is 69.6 Å². The highest BCUT2D eigenvalue weighted by Gasteiger charge is 2.34. The summed E-state index contributed by atoms with van der Waals surface area (Å²) in [6.45, 7) is 0. The van der Waals surface area contributed by atoms with Crippen molar-refractivity contribution in [2.75, 3.05) is 0 Å². The molecule has 2 heteroatoms. The molecule has 2 nitrogen and oxygen atoms in total. The molecule has 3 aliphatic carbocycles. The SMILES string of the molecule is C1=CC(c2ccc(-c3ccc(C4(c5ccc(-c6nc(C7=CCCC=C7)cc(-c7ccccc7)n6)cc5)CCCCCC4)cc3)cc2)=CCC1. The standard InChI is InChI=1S/C47H44N2/c1-2-13-33-47(32-12-1,42-28-24-38(25-29-42)37-22-20-36(21-23-37)35-14-6-3-7-15-35)43-30-26-41(27-31-43)46-48-44(39-16-8-4-9-17-39)34-45(49-46)40-18-10-5-11-19-40/h4,6,8-10,14-31,34H,1-3,5,7,11-13,32-33H2. The molecule has 1 saturated carbocycles. The zero-order valence-electron chi connectivity index (χ0n) is 28.3. The van der Waals surface area contributed by atoms with Crippen LogP contribution in [0.2, 0.25) is 0 Å². The lowest BCUT2D eigenvalue weighted by atomic mass is 9.69. The van der Waals surface area contributed by atoms with Crippen molar-refractivity contribution < 1.29 is 0 Å². The summed E-state index contributed by atoms with van der Waals surface area (Å²) in [6, 6.07) is 40.4. The minimum atomic E-state index is 0.00676. The Morgan fingerprint density at radius 1 is 0.429 bits per heavy atom. The maximum Gasteiger partial charge on any atom is 0.160 e. The Balaban J connectivity index is 1.11. The molecule has 0 amide bonds. The molecule has 4 aromatic carbocycles. The van der Waals surface area contributed by atoms with Gasteiger partial charge in [-0.1, -0.05) is 165 Å². The zero-order chi connectivity index (χ0) is 32.9. The first-order valence-electron chi connectivity index (χ1n) is 18.3. The van der Waals surface area contributed by atoms with Crippen LogP contribution >= 0.6 is 0 Å². The molecule has 0 N–H and O–H groups in total. The fourth-order valence-electron chi connectivity index (χ4n) is 7.96. The number of nitrogens with zero attached hydrogens (tertiary/aromatic N) is 2. The van der Waals surface area contributed by atoms with Crippen molar-refractivity contribution in [3.63, 3.8) is 0 Å². The Morgan fingerprint density at radius 2 is 0.959 bits per heavy atom. The van der Waals surface area contributed by atoms with E-state index in [1.165, 1.54) is 77.5 Å². The molecule has 5 aromatic rings. The van der Waals surface area contributed by atoms with E-state index in [9.17, 15) is 0 Å². The summed E-state index contributed by atoms with van der Waals surface area (Å²) < 4.78 is 0. The topological polar surface area (TPSA) is 25.8 Å². The lowest BCUT2D eigenvalue weighted by Gasteiger charge is -2.35. The van der Waals surface area contributed by atoms with Gasteiger partial charge in [0.15, 0.2) is 5.82 Å². The summed E-state index contributed by atoms with van der Waals surface area (Å²) in [6.07, 6.45) is 25.5. The van der Waals surface area contributed by atoms with Gasteiger partial charge in [0.2, 0.25) is 0 Å². The lowest BCUT2D eigenvalue weighted by Crippen LogP contribution is -2.27. The summed E-state index contributed by atoms with van der Waals surface area (Å²) >= 11 is 0. The third kappa shape index (κ3) is 6.65. The van der Waals surface area contributed by atoms with Gasteiger partial charge in [-0.05, 0) is 83.6 Å². The molecular weight excluding hydrogens is 593 g/mol. The first-order chi connectivity index (χ1) is 24.2. The third-order valence-electron chi connectivity index (χ3n) is 10.7. The highest BCUT2D eigenvalue weighted by atomic mass is 14.9. The second kappa shape index (κ2) is 14.2. The lowest BCUT2D eigenvalue weighted by molar-refractivity contribution is 0.446. The van der Waals surface area contributed by atoms with Crippen LogP contribution in [0.15, 0.2) is 146 Å². The number of rotatable bonds is 7. The van der Waals surface area contributed by atoms with E-state index >= 15 is 0 Å². The number of aromatic nitrogens is 2. The van der Waals surface area contributed by atoms with E-state index in [1.807, 2.05) is 0 Å².